The highest BCUT2D eigenvalue weighted by Crippen LogP contribution is 2.33. The number of hydrogen-bond acceptors (Lipinski definition) is 2. The van der Waals surface area contributed by atoms with Crippen LogP contribution in [0.1, 0.15) is 38.3 Å². The van der Waals surface area contributed by atoms with Crippen LogP contribution in [0.5, 0.6) is 0 Å². The second-order valence-corrected chi connectivity index (χ2v) is 4.30. The lowest BCUT2D eigenvalue weighted by Crippen LogP contribution is -2.30. The van der Waals surface area contributed by atoms with E-state index in [1.165, 1.54) is 18.4 Å². The molecule has 76 valence electrons. The van der Waals surface area contributed by atoms with Gasteiger partial charge in [0.2, 0.25) is 0 Å². The van der Waals surface area contributed by atoms with Crippen LogP contribution in [0, 0.1) is 5.92 Å². The summed E-state index contributed by atoms with van der Waals surface area (Å²) in [4.78, 5) is 4.13. The fourth-order valence-corrected chi connectivity index (χ4v) is 1.85. The topological polar surface area (TPSA) is 24.9 Å². The molecule has 1 aliphatic carbocycles. The van der Waals surface area contributed by atoms with E-state index in [4.69, 9.17) is 0 Å². The largest absolute Gasteiger partial charge is 0.307 e. The van der Waals surface area contributed by atoms with Crippen LogP contribution < -0.4 is 5.32 Å². The van der Waals surface area contributed by atoms with Crippen molar-refractivity contribution in [1.82, 2.24) is 10.3 Å². The molecule has 2 rings (SSSR count). The number of pyridine rings is 1. The Morgan fingerprint density at radius 3 is 2.79 bits per heavy atom. The number of rotatable bonds is 4. The van der Waals surface area contributed by atoms with Crippen molar-refractivity contribution in [3.05, 3.63) is 30.1 Å². The molecule has 1 fully saturated rings. The van der Waals surface area contributed by atoms with Crippen molar-refractivity contribution in [2.45, 2.75) is 38.8 Å². The third-order valence-corrected chi connectivity index (χ3v) is 3.03. The molecule has 2 heteroatoms. The van der Waals surface area contributed by atoms with Gasteiger partial charge in [-0.3, -0.25) is 4.98 Å². The van der Waals surface area contributed by atoms with Gasteiger partial charge in [-0.25, -0.2) is 0 Å². The Morgan fingerprint density at radius 1 is 1.43 bits per heavy atom. The Balaban J connectivity index is 1.91. The third-order valence-electron chi connectivity index (χ3n) is 3.03. The molecule has 0 radical (unpaired) electrons. The fraction of sp³-hybridized carbons (Fsp3) is 0.583. The Hall–Kier alpha value is -0.890. The average Bonchev–Trinajstić information content (AvgIpc) is 3.02. The van der Waals surface area contributed by atoms with E-state index in [1.54, 1.807) is 0 Å². The first-order chi connectivity index (χ1) is 6.77. The van der Waals surface area contributed by atoms with Crippen molar-refractivity contribution in [1.29, 1.82) is 0 Å². The van der Waals surface area contributed by atoms with E-state index in [0.29, 0.717) is 12.1 Å². The Morgan fingerprint density at radius 2 is 2.21 bits per heavy atom. The average molecular weight is 190 g/mol. The van der Waals surface area contributed by atoms with E-state index in [0.717, 1.165) is 5.92 Å². The highest BCUT2D eigenvalue weighted by Gasteiger charge is 2.28. The molecule has 1 aromatic heterocycles. The van der Waals surface area contributed by atoms with Crippen molar-refractivity contribution >= 4 is 0 Å². The molecule has 0 aliphatic heterocycles. The predicted molar refractivity (Wildman–Crippen MR) is 58.0 cm³/mol. The zero-order valence-corrected chi connectivity index (χ0v) is 8.90. The van der Waals surface area contributed by atoms with E-state index >= 15 is 0 Å². The summed E-state index contributed by atoms with van der Waals surface area (Å²) in [5.41, 5.74) is 1.28. The molecular formula is C12H18N2. The Bertz CT molecular complexity index is 280. The van der Waals surface area contributed by atoms with Gasteiger partial charge in [0.25, 0.3) is 0 Å². The van der Waals surface area contributed by atoms with Crippen molar-refractivity contribution in [2.24, 2.45) is 5.92 Å². The summed E-state index contributed by atoms with van der Waals surface area (Å²) in [5, 5.41) is 3.62. The second kappa shape index (κ2) is 4.09. The first-order valence-electron chi connectivity index (χ1n) is 5.43. The SMILES string of the molecule is C[C@H](N[C@H](C)C1CC1)c1cccnc1. The smallest absolute Gasteiger partial charge is 0.0315 e. The van der Waals surface area contributed by atoms with Crippen LogP contribution in [-0.4, -0.2) is 11.0 Å². The molecule has 2 atom stereocenters. The van der Waals surface area contributed by atoms with Crippen molar-refractivity contribution in [2.75, 3.05) is 0 Å². The summed E-state index contributed by atoms with van der Waals surface area (Å²) in [6.45, 7) is 4.49. The van der Waals surface area contributed by atoms with Crippen LogP contribution in [0.2, 0.25) is 0 Å². The van der Waals surface area contributed by atoms with Crippen LogP contribution in [0.3, 0.4) is 0 Å². The summed E-state index contributed by atoms with van der Waals surface area (Å²) < 4.78 is 0. The van der Waals surface area contributed by atoms with Crippen LogP contribution >= 0.6 is 0 Å². The normalized spacial score (nSPS) is 20.4. The number of nitrogens with zero attached hydrogens (tertiary/aromatic N) is 1. The standard InChI is InChI=1S/C12H18N2/c1-9(11-5-6-11)14-10(2)12-4-3-7-13-8-12/h3-4,7-11,14H,5-6H2,1-2H3/t9-,10+/m1/s1. The maximum atomic E-state index is 4.13. The zero-order valence-electron chi connectivity index (χ0n) is 8.90. The number of hydrogen-bond donors (Lipinski definition) is 1. The van der Waals surface area contributed by atoms with Gasteiger partial charge in [0, 0.05) is 24.5 Å². The minimum Gasteiger partial charge on any atom is -0.307 e. The molecule has 14 heavy (non-hydrogen) atoms. The lowest BCUT2D eigenvalue weighted by Gasteiger charge is -2.19. The summed E-state index contributed by atoms with van der Waals surface area (Å²) in [6.07, 6.45) is 6.56. The quantitative estimate of drug-likeness (QED) is 0.789. The molecule has 0 aromatic carbocycles. The molecule has 1 heterocycles. The summed E-state index contributed by atoms with van der Waals surface area (Å²) >= 11 is 0. The third kappa shape index (κ3) is 2.32. The van der Waals surface area contributed by atoms with Crippen molar-refractivity contribution in [3.63, 3.8) is 0 Å². The van der Waals surface area contributed by atoms with Crippen molar-refractivity contribution < 1.29 is 0 Å². The molecule has 2 nitrogen and oxygen atoms in total. The van der Waals surface area contributed by atoms with Gasteiger partial charge in [-0.05, 0) is 44.2 Å². The number of aromatic nitrogens is 1. The van der Waals surface area contributed by atoms with Crippen LogP contribution in [-0.2, 0) is 0 Å². The lowest BCUT2D eigenvalue weighted by atomic mass is 10.1. The van der Waals surface area contributed by atoms with Crippen LogP contribution in [0.25, 0.3) is 0 Å². The first kappa shape index (κ1) is 9.66. The summed E-state index contributed by atoms with van der Waals surface area (Å²) in [7, 11) is 0. The van der Waals surface area contributed by atoms with E-state index in [-0.39, 0.29) is 0 Å². The summed E-state index contributed by atoms with van der Waals surface area (Å²) in [6, 6.07) is 5.18. The van der Waals surface area contributed by atoms with Gasteiger partial charge >= 0.3 is 0 Å². The van der Waals surface area contributed by atoms with Gasteiger partial charge in [0.05, 0.1) is 0 Å². The maximum Gasteiger partial charge on any atom is 0.0315 e. The van der Waals surface area contributed by atoms with E-state index in [2.05, 4.69) is 30.2 Å². The predicted octanol–water partition coefficient (Wildman–Crippen LogP) is 2.53. The molecule has 0 amide bonds. The zero-order chi connectivity index (χ0) is 9.97. The molecule has 1 N–H and O–H groups in total. The minimum absolute atomic E-state index is 0.416. The van der Waals surface area contributed by atoms with E-state index < -0.39 is 0 Å². The first-order valence-corrected chi connectivity index (χ1v) is 5.43. The summed E-state index contributed by atoms with van der Waals surface area (Å²) in [5.74, 6) is 0.911. The Kier molecular flexibility index (Phi) is 2.82. The van der Waals surface area contributed by atoms with Gasteiger partial charge in [-0.2, -0.15) is 0 Å². The molecule has 0 spiro atoms. The van der Waals surface area contributed by atoms with E-state index in [9.17, 15) is 0 Å². The monoisotopic (exact) mass is 190 g/mol. The maximum absolute atomic E-state index is 4.13. The van der Waals surface area contributed by atoms with E-state index in [1.807, 2.05) is 18.5 Å². The molecule has 0 unspecified atom stereocenters. The van der Waals surface area contributed by atoms with Gasteiger partial charge in [0.15, 0.2) is 0 Å². The van der Waals surface area contributed by atoms with Gasteiger partial charge < -0.3 is 5.32 Å². The van der Waals surface area contributed by atoms with Crippen LogP contribution in [0.15, 0.2) is 24.5 Å². The minimum atomic E-state index is 0.416. The molecule has 0 bridgehead atoms. The van der Waals surface area contributed by atoms with Crippen molar-refractivity contribution in [3.8, 4) is 0 Å². The molecule has 1 aromatic rings. The fourth-order valence-electron chi connectivity index (χ4n) is 1.85. The second-order valence-electron chi connectivity index (χ2n) is 4.30. The van der Waals surface area contributed by atoms with Gasteiger partial charge in [0.1, 0.15) is 0 Å². The van der Waals surface area contributed by atoms with Gasteiger partial charge in [-0.1, -0.05) is 6.07 Å². The van der Waals surface area contributed by atoms with Gasteiger partial charge in [-0.15, -0.1) is 0 Å². The molecule has 1 saturated carbocycles. The molecule has 1 aliphatic rings. The highest BCUT2D eigenvalue weighted by atomic mass is 15.0. The molecular weight excluding hydrogens is 172 g/mol. The molecule has 0 saturated heterocycles. The lowest BCUT2D eigenvalue weighted by molar-refractivity contribution is 0.441. The van der Waals surface area contributed by atoms with Crippen LogP contribution in [0.4, 0.5) is 0 Å². The number of nitrogens with one attached hydrogen (secondary N) is 1. The highest BCUT2D eigenvalue weighted by molar-refractivity contribution is 5.13. The Labute approximate surface area is 85.7 Å².